The Bertz CT molecular complexity index is 623. The molecular formula is C20H26N2O. The largest absolute Gasteiger partial charge is 0.366 e. The number of nitrogens with two attached hydrogens (primary N) is 1. The first-order valence-corrected chi connectivity index (χ1v) is 8.41. The topological polar surface area (TPSA) is 55.1 Å². The van der Waals surface area contributed by atoms with Gasteiger partial charge in [-0.05, 0) is 35.7 Å². The van der Waals surface area contributed by atoms with Gasteiger partial charge in [-0.3, -0.25) is 4.79 Å². The fourth-order valence-corrected chi connectivity index (χ4v) is 2.67. The normalized spacial score (nSPS) is 10.7. The quantitative estimate of drug-likeness (QED) is 0.684. The van der Waals surface area contributed by atoms with E-state index in [1.54, 1.807) is 0 Å². The van der Waals surface area contributed by atoms with Crippen LogP contribution in [0.25, 0.3) is 11.1 Å². The van der Waals surface area contributed by atoms with Crippen LogP contribution in [0.3, 0.4) is 0 Å². The van der Waals surface area contributed by atoms with Crippen molar-refractivity contribution in [2.45, 2.75) is 39.2 Å². The molecule has 1 amide bonds. The highest BCUT2D eigenvalue weighted by molar-refractivity contribution is 5.95. The van der Waals surface area contributed by atoms with Crippen LogP contribution < -0.4 is 11.1 Å². The van der Waals surface area contributed by atoms with Gasteiger partial charge in [0.1, 0.15) is 0 Å². The van der Waals surface area contributed by atoms with Crippen molar-refractivity contribution < 1.29 is 4.79 Å². The molecule has 3 nitrogen and oxygen atoms in total. The van der Waals surface area contributed by atoms with Crippen LogP contribution in [-0.4, -0.2) is 12.5 Å². The maximum atomic E-state index is 11.8. The fraction of sp³-hybridized carbons (Fsp3) is 0.350. The van der Waals surface area contributed by atoms with Gasteiger partial charge in [0.2, 0.25) is 5.91 Å². The van der Waals surface area contributed by atoms with E-state index in [2.05, 4.69) is 18.3 Å². The molecule has 0 saturated heterocycles. The zero-order valence-corrected chi connectivity index (χ0v) is 13.8. The SMILES string of the molecule is CCCCCCNCc1ccc(-c2ccccc2)cc1C(N)=O. The van der Waals surface area contributed by atoms with E-state index in [0.717, 1.165) is 23.2 Å². The van der Waals surface area contributed by atoms with Crippen molar-refractivity contribution in [3.63, 3.8) is 0 Å². The van der Waals surface area contributed by atoms with E-state index in [4.69, 9.17) is 5.73 Å². The standard InChI is InChI=1S/C20H26N2O/c1-2-3-4-8-13-22-15-18-12-11-17(14-19(18)20(21)23)16-9-6-5-7-10-16/h5-7,9-12,14,22H,2-4,8,13,15H2,1H3,(H2,21,23). The molecule has 0 atom stereocenters. The van der Waals surface area contributed by atoms with E-state index in [9.17, 15) is 4.79 Å². The van der Waals surface area contributed by atoms with Crippen LogP contribution in [0.2, 0.25) is 0 Å². The molecule has 0 unspecified atom stereocenters. The van der Waals surface area contributed by atoms with Gasteiger partial charge in [0.25, 0.3) is 0 Å². The van der Waals surface area contributed by atoms with E-state index in [0.29, 0.717) is 12.1 Å². The van der Waals surface area contributed by atoms with Crippen LogP contribution in [0.1, 0.15) is 48.5 Å². The third-order valence-corrected chi connectivity index (χ3v) is 4.01. The molecule has 0 heterocycles. The van der Waals surface area contributed by atoms with E-state index >= 15 is 0 Å². The number of hydrogen-bond acceptors (Lipinski definition) is 2. The van der Waals surface area contributed by atoms with Gasteiger partial charge in [-0.15, -0.1) is 0 Å². The Balaban J connectivity index is 2.04. The van der Waals surface area contributed by atoms with E-state index in [1.807, 2.05) is 42.5 Å². The minimum Gasteiger partial charge on any atom is -0.366 e. The summed E-state index contributed by atoms with van der Waals surface area (Å²) in [6.07, 6.45) is 4.94. The molecule has 2 rings (SSSR count). The number of benzene rings is 2. The minimum absolute atomic E-state index is 0.370. The van der Waals surface area contributed by atoms with Gasteiger partial charge >= 0.3 is 0 Å². The molecular weight excluding hydrogens is 284 g/mol. The molecule has 2 aromatic carbocycles. The Labute approximate surface area is 138 Å². The number of primary amides is 1. The molecule has 122 valence electrons. The van der Waals surface area contributed by atoms with E-state index < -0.39 is 0 Å². The predicted molar refractivity (Wildman–Crippen MR) is 96.2 cm³/mol. The molecule has 3 heteroatoms. The third kappa shape index (κ3) is 5.22. The van der Waals surface area contributed by atoms with Crippen LogP contribution in [0.4, 0.5) is 0 Å². The number of nitrogens with one attached hydrogen (secondary N) is 1. The second-order valence-electron chi connectivity index (χ2n) is 5.84. The lowest BCUT2D eigenvalue weighted by Gasteiger charge is -2.11. The summed E-state index contributed by atoms with van der Waals surface area (Å²) in [6, 6.07) is 16.0. The lowest BCUT2D eigenvalue weighted by atomic mass is 9.98. The lowest BCUT2D eigenvalue weighted by Crippen LogP contribution is -2.20. The molecule has 0 aliphatic heterocycles. The molecule has 23 heavy (non-hydrogen) atoms. The Morgan fingerprint density at radius 1 is 1.00 bits per heavy atom. The molecule has 0 saturated carbocycles. The number of hydrogen-bond donors (Lipinski definition) is 2. The van der Waals surface area contributed by atoms with Gasteiger partial charge in [-0.25, -0.2) is 0 Å². The maximum Gasteiger partial charge on any atom is 0.249 e. The summed E-state index contributed by atoms with van der Waals surface area (Å²) in [5, 5.41) is 3.41. The van der Waals surface area contributed by atoms with Crippen LogP contribution in [0.15, 0.2) is 48.5 Å². The average Bonchev–Trinajstić information content (AvgIpc) is 2.58. The first-order valence-electron chi connectivity index (χ1n) is 8.41. The van der Waals surface area contributed by atoms with Crippen molar-refractivity contribution in [2.75, 3.05) is 6.54 Å². The second-order valence-corrected chi connectivity index (χ2v) is 5.84. The van der Waals surface area contributed by atoms with Gasteiger partial charge in [-0.2, -0.15) is 0 Å². The Kier molecular flexibility index (Phi) is 6.82. The summed E-state index contributed by atoms with van der Waals surface area (Å²) < 4.78 is 0. The first-order chi connectivity index (χ1) is 11.2. The highest BCUT2D eigenvalue weighted by Gasteiger charge is 2.10. The summed E-state index contributed by atoms with van der Waals surface area (Å²) in [5.41, 5.74) is 9.25. The predicted octanol–water partition coefficient (Wildman–Crippen LogP) is 4.12. The maximum absolute atomic E-state index is 11.8. The average molecular weight is 310 g/mol. The van der Waals surface area contributed by atoms with Crippen molar-refractivity contribution in [3.8, 4) is 11.1 Å². The van der Waals surface area contributed by atoms with Crippen LogP contribution in [0.5, 0.6) is 0 Å². The highest BCUT2D eigenvalue weighted by atomic mass is 16.1. The van der Waals surface area contributed by atoms with Crippen molar-refractivity contribution in [2.24, 2.45) is 5.73 Å². The Morgan fingerprint density at radius 2 is 1.78 bits per heavy atom. The summed E-state index contributed by atoms with van der Waals surface area (Å²) in [6.45, 7) is 3.86. The lowest BCUT2D eigenvalue weighted by molar-refractivity contribution is 0.0999. The Hall–Kier alpha value is -2.13. The van der Waals surface area contributed by atoms with Gasteiger partial charge in [0.05, 0.1) is 0 Å². The number of unbranched alkanes of at least 4 members (excludes halogenated alkanes) is 3. The smallest absolute Gasteiger partial charge is 0.249 e. The summed E-state index contributed by atoms with van der Waals surface area (Å²) >= 11 is 0. The van der Waals surface area contributed by atoms with E-state index in [-0.39, 0.29) is 5.91 Å². The van der Waals surface area contributed by atoms with Crippen molar-refractivity contribution in [1.29, 1.82) is 0 Å². The van der Waals surface area contributed by atoms with Gasteiger partial charge < -0.3 is 11.1 Å². The van der Waals surface area contributed by atoms with Crippen LogP contribution in [-0.2, 0) is 6.54 Å². The molecule has 3 N–H and O–H groups in total. The summed E-state index contributed by atoms with van der Waals surface area (Å²) in [4.78, 5) is 11.8. The number of carbonyl (C=O) groups is 1. The molecule has 0 aromatic heterocycles. The van der Waals surface area contributed by atoms with Gasteiger partial charge in [0, 0.05) is 12.1 Å². The van der Waals surface area contributed by atoms with Crippen LogP contribution >= 0.6 is 0 Å². The molecule has 0 aliphatic rings. The zero-order valence-electron chi connectivity index (χ0n) is 13.8. The summed E-state index contributed by atoms with van der Waals surface area (Å²) in [5.74, 6) is -0.370. The Morgan fingerprint density at radius 3 is 2.48 bits per heavy atom. The number of amides is 1. The first kappa shape index (κ1) is 17.2. The van der Waals surface area contributed by atoms with Gasteiger partial charge in [-0.1, -0.05) is 68.7 Å². The van der Waals surface area contributed by atoms with Crippen molar-refractivity contribution in [3.05, 3.63) is 59.7 Å². The van der Waals surface area contributed by atoms with Gasteiger partial charge in [0.15, 0.2) is 0 Å². The summed E-state index contributed by atoms with van der Waals surface area (Å²) in [7, 11) is 0. The van der Waals surface area contributed by atoms with Crippen LogP contribution in [0, 0.1) is 0 Å². The number of rotatable bonds is 9. The molecule has 0 aliphatic carbocycles. The zero-order chi connectivity index (χ0) is 16.5. The second kappa shape index (κ2) is 9.11. The molecule has 2 aromatic rings. The number of carbonyl (C=O) groups excluding carboxylic acids is 1. The molecule has 0 bridgehead atoms. The van der Waals surface area contributed by atoms with E-state index in [1.165, 1.54) is 25.7 Å². The highest BCUT2D eigenvalue weighted by Crippen LogP contribution is 2.22. The van der Waals surface area contributed by atoms with Crippen molar-refractivity contribution >= 4 is 5.91 Å². The molecule has 0 fully saturated rings. The molecule has 0 spiro atoms. The third-order valence-electron chi connectivity index (χ3n) is 4.01. The van der Waals surface area contributed by atoms with Crippen molar-refractivity contribution in [1.82, 2.24) is 5.32 Å². The minimum atomic E-state index is -0.370. The molecule has 0 radical (unpaired) electrons. The monoisotopic (exact) mass is 310 g/mol. The fourth-order valence-electron chi connectivity index (χ4n) is 2.67.